The molecule has 0 radical (unpaired) electrons. The first kappa shape index (κ1) is 12.1. The summed E-state index contributed by atoms with van der Waals surface area (Å²) in [6.45, 7) is 2.89. The second-order valence-electron chi connectivity index (χ2n) is 4.08. The summed E-state index contributed by atoms with van der Waals surface area (Å²) in [5, 5.41) is 2.63. The topological polar surface area (TPSA) is 62.0 Å². The van der Waals surface area contributed by atoms with Gasteiger partial charge in [-0.05, 0) is 18.6 Å². The molecule has 18 heavy (non-hydrogen) atoms. The van der Waals surface area contributed by atoms with Gasteiger partial charge in [0.2, 0.25) is 5.91 Å². The summed E-state index contributed by atoms with van der Waals surface area (Å²) >= 11 is 0. The largest absolute Gasteiger partial charge is 0.341 e. The third-order valence-electron chi connectivity index (χ3n) is 2.58. The van der Waals surface area contributed by atoms with E-state index in [0.717, 1.165) is 11.3 Å². The number of amides is 1. The zero-order chi connectivity index (χ0) is 13.1. The van der Waals surface area contributed by atoms with E-state index in [9.17, 15) is 9.59 Å². The van der Waals surface area contributed by atoms with Crippen molar-refractivity contribution in [1.82, 2.24) is 4.98 Å². The van der Waals surface area contributed by atoms with Gasteiger partial charge in [-0.3, -0.25) is 9.59 Å². The van der Waals surface area contributed by atoms with E-state index in [1.807, 2.05) is 30.3 Å². The molecule has 0 aliphatic carbocycles. The number of hydrogen-bond acceptors (Lipinski definition) is 2. The fraction of sp³-hybridized carbons (Fsp3) is 0.143. The minimum atomic E-state index is -0.209. The Morgan fingerprint density at radius 3 is 2.33 bits per heavy atom. The minimum absolute atomic E-state index is 0.0859. The van der Waals surface area contributed by atoms with E-state index in [0.29, 0.717) is 11.4 Å². The van der Waals surface area contributed by atoms with E-state index >= 15 is 0 Å². The number of benzene rings is 1. The fourth-order valence-electron chi connectivity index (χ4n) is 1.78. The predicted octanol–water partition coefficient (Wildman–Crippen LogP) is 2.84. The van der Waals surface area contributed by atoms with Crippen molar-refractivity contribution >= 4 is 17.5 Å². The van der Waals surface area contributed by atoms with Crippen molar-refractivity contribution < 1.29 is 9.59 Å². The van der Waals surface area contributed by atoms with Gasteiger partial charge in [-0.1, -0.05) is 30.3 Å². The van der Waals surface area contributed by atoms with Crippen LogP contribution in [-0.4, -0.2) is 16.7 Å². The standard InChI is InChI=1S/C14H14N2O2/c1-9(17)12-8-13(11-6-4-3-5-7-11)16-14(12)15-10(2)18/h3-8,16H,1-2H3,(H,15,18). The minimum Gasteiger partial charge on any atom is -0.341 e. The van der Waals surface area contributed by atoms with E-state index in [-0.39, 0.29) is 11.7 Å². The van der Waals surface area contributed by atoms with Crippen molar-refractivity contribution in [1.29, 1.82) is 0 Å². The summed E-state index contributed by atoms with van der Waals surface area (Å²) < 4.78 is 0. The lowest BCUT2D eigenvalue weighted by molar-refractivity contribution is -0.114. The summed E-state index contributed by atoms with van der Waals surface area (Å²) in [5.74, 6) is 0.157. The van der Waals surface area contributed by atoms with Crippen LogP contribution in [0.25, 0.3) is 11.3 Å². The van der Waals surface area contributed by atoms with Crippen molar-refractivity contribution in [2.45, 2.75) is 13.8 Å². The fourth-order valence-corrected chi connectivity index (χ4v) is 1.78. The average molecular weight is 242 g/mol. The molecule has 0 aliphatic heterocycles. The van der Waals surface area contributed by atoms with Crippen molar-refractivity contribution in [2.75, 3.05) is 5.32 Å². The number of anilines is 1. The van der Waals surface area contributed by atoms with Crippen molar-refractivity contribution in [3.05, 3.63) is 42.0 Å². The Morgan fingerprint density at radius 1 is 1.11 bits per heavy atom. The van der Waals surface area contributed by atoms with Gasteiger partial charge in [-0.15, -0.1) is 0 Å². The number of nitrogens with one attached hydrogen (secondary N) is 2. The number of aromatic amines is 1. The molecule has 0 fully saturated rings. The first-order valence-electron chi connectivity index (χ1n) is 5.65. The molecular weight excluding hydrogens is 228 g/mol. The molecule has 2 N–H and O–H groups in total. The summed E-state index contributed by atoms with van der Waals surface area (Å²) in [7, 11) is 0. The predicted molar refractivity (Wildman–Crippen MR) is 70.5 cm³/mol. The highest BCUT2D eigenvalue weighted by molar-refractivity contribution is 6.03. The molecule has 0 unspecified atom stereocenters. The van der Waals surface area contributed by atoms with Crippen molar-refractivity contribution in [3.63, 3.8) is 0 Å². The third kappa shape index (κ3) is 2.48. The van der Waals surface area contributed by atoms with Crippen LogP contribution in [0.2, 0.25) is 0 Å². The quantitative estimate of drug-likeness (QED) is 0.813. The first-order chi connectivity index (χ1) is 8.58. The summed E-state index contributed by atoms with van der Waals surface area (Å²) in [6.07, 6.45) is 0. The Morgan fingerprint density at radius 2 is 1.78 bits per heavy atom. The number of carbonyl (C=O) groups is 2. The van der Waals surface area contributed by atoms with Gasteiger partial charge in [0.1, 0.15) is 5.82 Å². The average Bonchev–Trinajstić information content (AvgIpc) is 2.73. The number of H-pyrrole nitrogens is 1. The lowest BCUT2D eigenvalue weighted by Gasteiger charge is -2.00. The van der Waals surface area contributed by atoms with Gasteiger partial charge >= 0.3 is 0 Å². The molecule has 0 aliphatic rings. The van der Waals surface area contributed by atoms with Crippen LogP contribution in [0.1, 0.15) is 24.2 Å². The maximum absolute atomic E-state index is 11.5. The molecule has 4 heteroatoms. The smallest absolute Gasteiger partial charge is 0.222 e. The lowest BCUT2D eigenvalue weighted by Crippen LogP contribution is -2.09. The van der Waals surface area contributed by atoms with E-state index in [4.69, 9.17) is 0 Å². The highest BCUT2D eigenvalue weighted by Gasteiger charge is 2.13. The molecule has 1 heterocycles. The van der Waals surface area contributed by atoms with Crippen LogP contribution in [0.5, 0.6) is 0 Å². The van der Waals surface area contributed by atoms with Crippen LogP contribution in [0.15, 0.2) is 36.4 Å². The molecule has 0 atom stereocenters. The van der Waals surface area contributed by atoms with Crippen LogP contribution < -0.4 is 5.32 Å². The normalized spacial score (nSPS) is 10.1. The van der Waals surface area contributed by atoms with Crippen LogP contribution in [0.3, 0.4) is 0 Å². The van der Waals surface area contributed by atoms with Crippen LogP contribution in [0.4, 0.5) is 5.82 Å². The molecule has 1 aromatic carbocycles. The number of rotatable bonds is 3. The number of Topliss-reactive ketones (excluding diaryl/α,β-unsaturated/α-hetero) is 1. The van der Waals surface area contributed by atoms with Gasteiger partial charge in [-0.2, -0.15) is 0 Å². The van der Waals surface area contributed by atoms with Crippen LogP contribution in [-0.2, 0) is 4.79 Å². The van der Waals surface area contributed by atoms with E-state index in [1.165, 1.54) is 13.8 Å². The molecule has 2 rings (SSSR count). The van der Waals surface area contributed by atoms with Gasteiger partial charge < -0.3 is 10.3 Å². The van der Waals surface area contributed by atoms with Crippen molar-refractivity contribution in [2.24, 2.45) is 0 Å². The molecule has 0 spiro atoms. The lowest BCUT2D eigenvalue weighted by atomic mass is 10.1. The zero-order valence-corrected chi connectivity index (χ0v) is 10.3. The van der Waals surface area contributed by atoms with Gasteiger partial charge in [0.05, 0.1) is 5.56 Å². The first-order valence-corrected chi connectivity index (χ1v) is 5.65. The summed E-state index contributed by atoms with van der Waals surface area (Å²) in [6, 6.07) is 11.4. The monoisotopic (exact) mass is 242 g/mol. The molecule has 1 amide bonds. The number of aromatic nitrogens is 1. The number of ketones is 1. The van der Waals surface area contributed by atoms with Crippen LogP contribution >= 0.6 is 0 Å². The molecule has 0 bridgehead atoms. The SMILES string of the molecule is CC(=O)Nc1[nH]c(-c2ccccc2)cc1C(C)=O. The number of hydrogen-bond donors (Lipinski definition) is 2. The van der Waals surface area contributed by atoms with Gasteiger partial charge in [0, 0.05) is 12.6 Å². The maximum atomic E-state index is 11.5. The second-order valence-corrected chi connectivity index (χ2v) is 4.08. The van der Waals surface area contributed by atoms with Gasteiger partial charge in [0.25, 0.3) is 0 Å². The molecule has 92 valence electrons. The third-order valence-corrected chi connectivity index (χ3v) is 2.58. The van der Waals surface area contributed by atoms with E-state index in [1.54, 1.807) is 6.07 Å². The van der Waals surface area contributed by atoms with E-state index in [2.05, 4.69) is 10.3 Å². The Balaban J connectivity index is 2.45. The molecule has 0 saturated heterocycles. The Bertz CT molecular complexity index is 585. The Kier molecular flexibility index (Phi) is 3.28. The zero-order valence-electron chi connectivity index (χ0n) is 10.3. The highest BCUT2D eigenvalue weighted by atomic mass is 16.1. The summed E-state index contributed by atoms with van der Waals surface area (Å²) in [4.78, 5) is 25.7. The molecule has 0 saturated carbocycles. The molecule has 2 aromatic rings. The van der Waals surface area contributed by atoms with Crippen molar-refractivity contribution in [3.8, 4) is 11.3 Å². The van der Waals surface area contributed by atoms with Crippen LogP contribution in [0, 0.1) is 0 Å². The molecule has 1 aromatic heterocycles. The highest BCUT2D eigenvalue weighted by Crippen LogP contribution is 2.25. The van der Waals surface area contributed by atoms with Gasteiger partial charge in [0.15, 0.2) is 5.78 Å². The van der Waals surface area contributed by atoms with E-state index < -0.39 is 0 Å². The molecule has 4 nitrogen and oxygen atoms in total. The summed E-state index contributed by atoms with van der Waals surface area (Å²) in [5.41, 5.74) is 2.27. The second kappa shape index (κ2) is 4.87. The Hall–Kier alpha value is -2.36. The maximum Gasteiger partial charge on any atom is 0.222 e. The number of carbonyl (C=O) groups excluding carboxylic acids is 2. The molecular formula is C14H14N2O2. The van der Waals surface area contributed by atoms with Gasteiger partial charge in [-0.25, -0.2) is 0 Å². The Labute approximate surface area is 105 Å².